The lowest BCUT2D eigenvalue weighted by Gasteiger charge is -2.43. The number of Topliss-reactive ketones (excluding diaryl/α,β-unsaturated/α-hetero) is 2. The summed E-state index contributed by atoms with van der Waals surface area (Å²) in [4.78, 5) is 28.5. The molecule has 370 valence electrons. The number of aliphatic hydroxyl groups is 7. The van der Waals surface area contributed by atoms with Crippen LogP contribution in [-0.4, -0.2) is 195 Å². The Kier molecular flexibility index (Phi) is 16.0. The number of phenols is 2. The molecule has 21 nitrogen and oxygen atoms in total. The summed E-state index contributed by atoms with van der Waals surface area (Å²) in [6, 6.07) is 4.24. The molecular weight excluding hydrogens is 876 g/mol. The Hall–Kier alpha value is -3.20. The molecule has 7 rings (SSSR count). The van der Waals surface area contributed by atoms with Crippen molar-refractivity contribution >= 4 is 22.3 Å². The molecule has 5 aliphatic rings. The highest BCUT2D eigenvalue weighted by atomic mass is 16.7. The van der Waals surface area contributed by atoms with Gasteiger partial charge in [-0.3, -0.25) is 9.59 Å². The zero-order valence-corrected chi connectivity index (χ0v) is 37.8. The van der Waals surface area contributed by atoms with E-state index < -0.39 is 152 Å². The van der Waals surface area contributed by atoms with Gasteiger partial charge in [-0.1, -0.05) is 0 Å². The highest BCUT2D eigenvalue weighted by Gasteiger charge is 2.50. The average molecular weight is 941 g/mol. The Labute approximate surface area is 380 Å². The van der Waals surface area contributed by atoms with Crippen LogP contribution in [0.5, 0.6) is 17.2 Å². The van der Waals surface area contributed by atoms with Gasteiger partial charge in [0, 0.05) is 51.9 Å². The second-order valence-corrected chi connectivity index (χ2v) is 18.1. The van der Waals surface area contributed by atoms with E-state index in [1.165, 1.54) is 39.3 Å². The van der Waals surface area contributed by atoms with Crippen LogP contribution >= 0.6 is 0 Å². The topological polar surface area (TPSA) is 309 Å². The molecule has 1 aliphatic carbocycles. The van der Waals surface area contributed by atoms with Gasteiger partial charge in [-0.2, -0.15) is 0 Å². The molecule has 0 aromatic heterocycles. The largest absolute Gasteiger partial charge is 0.507 e. The van der Waals surface area contributed by atoms with Gasteiger partial charge in [0.1, 0.15) is 60.0 Å². The molecule has 0 radical (unpaired) electrons. The number of rotatable bonds is 14. The van der Waals surface area contributed by atoms with Crippen molar-refractivity contribution in [3.05, 3.63) is 29.3 Å². The monoisotopic (exact) mass is 940 g/mol. The fourth-order valence-electron chi connectivity index (χ4n) is 9.79. The van der Waals surface area contributed by atoms with Crippen LogP contribution in [0.4, 0.5) is 0 Å². The van der Waals surface area contributed by atoms with Crippen molar-refractivity contribution < 1.29 is 103 Å². The number of aromatic hydroxyl groups is 2. The molecule has 2 aromatic rings. The third-order valence-electron chi connectivity index (χ3n) is 13.4. The molecule has 4 heterocycles. The zero-order valence-electron chi connectivity index (χ0n) is 37.8. The number of carbonyl (C=O) groups is 2. The second-order valence-electron chi connectivity index (χ2n) is 18.1. The number of phenolic OH excluding ortho intramolecular Hbond substituents is 2. The lowest BCUT2D eigenvalue weighted by atomic mass is 9.75. The summed E-state index contributed by atoms with van der Waals surface area (Å²) < 4.78 is 59.2. The predicted molar refractivity (Wildman–Crippen MR) is 224 cm³/mol. The summed E-state index contributed by atoms with van der Waals surface area (Å²) in [6.07, 6.45) is -22.0. The van der Waals surface area contributed by atoms with E-state index in [-0.39, 0.29) is 59.8 Å². The van der Waals surface area contributed by atoms with Gasteiger partial charge < -0.3 is 93.3 Å². The Morgan fingerprint density at radius 3 is 1.82 bits per heavy atom. The maximum absolute atomic E-state index is 14.7. The molecule has 0 bridgehead atoms. The van der Waals surface area contributed by atoms with E-state index >= 15 is 0 Å². The van der Waals surface area contributed by atoms with E-state index in [4.69, 9.17) is 47.4 Å². The normalized spacial score (nSPS) is 40.1. The highest BCUT2D eigenvalue weighted by molar-refractivity contribution is 6.11. The molecular formula is C45H64O21. The first kappa shape index (κ1) is 50.7. The third-order valence-corrected chi connectivity index (χ3v) is 13.4. The molecule has 1 unspecified atom stereocenters. The van der Waals surface area contributed by atoms with Crippen molar-refractivity contribution in [2.24, 2.45) is 5.92 Å². The number of hydrogen-bond acceptors (Lipinski definition) is 21. The van der Waals surface area contributed by atoms with Crippen molar-refractivity contribution in [3.8, 4) is 17.2 Å². The first-order valence-corrected chi connectivity index (χ1v) is 22.4. The molecule has 2 aromatic carbocycles. The van der Waals surface area contributed by atoms with Crippen LogP contribution in [-0.2, 0) is 53.8 Å². The van der Waals surface area contributed by atoms with Crippen LogP contribution in [0.25, 0.3) is 10.8 Å². The van der Waals surface area contributed by atoms with E-state index in [0.29, 0.717) is 0 Å². The van der Waals surface area contributed by atoms with Crippen LogP contribution in [0, 0.1) is 5.92 Å². The van der Waals surface area contributed by atoms with Gasteiger partial charge in [0.15, 0.2) is 30.4 Å². The SMILES string of the molecule is CO[C@@H]1[C@H](C)O[C@@H](O[C@@H]2C[C@H](Oc3cc(O)c4c(O)c5c(cc4c3)C[C@@H]([C@H](OC)C(=O)[C@@H](O)[C@@H](C)O)[C@H](O[C@@H]3C[C@H](OC4C[C@H](O)[C@@H](O)[C@H](C)O4)[C@@H](O)[C@H](C)O3)C5=O)O[C@H](C)[C@@H]2O)C[C@@H]1O. The smallest absolute Gasteiger partial charge is 0.202 e. The number of hydrogen-bond donors (Lipinski definition) is 9. The molecule has 4 fully saturated rings. The van der Waals surface area contributed by atoms with Crippen molar-refractivity contribution in [2.75, 3.05) is 14.2 Å². The molecule has 21 heteroatoms. The zero-order chi connectivity index (χ0) is 48.0. The number of aliphatic hydroxyl groups excluding tert-OH is 7. The van der Waals surface area contributed by atoms with Crippen LogP contribution in [0.15, 0.2) is 18.2 Å². The number of ketones is 2. The molecule has 0 amide bonds. The summed E-state index contributed by atoms with van der Waals surface area (Å²) in [7, 11) is 2.66. The van der Waals surface area contributed by atoms with Crippen molar-refractivity contribution in [3.63, 3.8) is 0 Å². The minimum Gasteiger partial charge on any atom is -0.507 e. The molecule has 4 aliphatic heterocycles. The van der Waals surface area contributed by atoms with E-state index in [1.54, 1.807) is 27.7 Å². The Morgan fingerprint density at radius 2 is 1.26 bits per heavy atom. The van der Waals surface area contributed by atoms with Crippen LogP contribution in [0.2, 0.25) is 0 Å². The number of benzene rings is 2. The van der Waals surface area contributed by atoms with E-state index in [2.05, 4.69) is 0 Å². The third kappa shape index (κ3) is 10.4. The summed E-state index contributed by atoms with van der Waals surface area (Å²) in [5, 5.41) is 97.3. The fourth-order valence-corrected chi connectivity index (χ4v) is 9.79. The molecule has 0 spiro atoms. The highest BCUT2D eigenvalue weighted by Crippen LogP contribution is 2.46. The summed E-state index contributed by atoms with van der Waals surface area (Å²) in [6.45, 7) is 7.68. The molecule has 21 atom stereocenters. The van der Waals surface area contributed by atoms with E-state index in [0.717, 1.165) is 0 Å². The van der Waals surface area contributed by atoms with Gasteiger partial charge in [0.2, 0.25) is 6.29 Å². The van der Waals surface area contributed by atoms with Crippen molar-refractivity contribution in [1.29, 1.82) is 0 Å². The summed E-state index contributed by atoms with van der Waals surface area (Å²) in [5.74, 6) is -3.99. The maximum atomic E-state index is 14.7. The van der Waals surface area contributed by atoms with E-state index in [9.17, 15) is 55.5 Å². The Bertz CT molecular complexity index is 1990. The van der Waals surface area contributed by atoms with Crippen molar-refractivity contribution in [1.82, 2.24) is 0 Å². The van der Waals surface area contributed by atoms with Gasteiger partial charge in [-0.25, -0.2) is 0 Å². The number of fused-ring (bicyclic) bond motifs is 2. The average Bonchev–Trinajstić information content (AvgIpc) is 3.24. The first-order chi connectivity index (χ1) is 31.2. The quantitative estimate of drug-likeness (QED) is 0.119. The summed E-state index contributed by atoms with van der Waals surface area (Å²) in [5.41, 5.74) is -0.0232. The number of methoxy groups -OCH3 is 2. The van der Waals surface area contributed by atoms with Crippen LogP contribution in [0.3, 0.4) is 0 Å². The Morgan fingerprint density at radius 1 is 0.712 bits per heavy atom. The van der Waals surface area contributed by atoms with Gasteiger partial charge >= 0.3 is 0 Å². The second kappa shape index (κ2) is 20.8. The number of carbonyl (C=O) groups excluding carboxylic acids is 2. The van der Waals surface area contributed by atoms with Crippen molar-refractivity contribution in [2.45, 2.75) is 190 Å². The fraction of sp³-hybridized carbons (Fsp3) is 0.733. The summed E-state index contributed by atoms with van der Waals surface area (Å²) >= 11 is 0. The lowest BCUT2D eigenvalue weighted by molar-refractivity contribution is -0.311. The first-order valence-electron chi connectivity index (χ1n) is 22.4. The minimum atomic E-state index is -1.91. The Balaban J connectivity index is 1.15. The van der Waals surface area contributed by atoms with Gasteiger partial charge in [0.05, 0.1) is 65.9 Å². The molecule has 66 heavy (non-hydrogen) atoms. The molecule has 9 N–H and O–H groups in total. The molecule has 0 saturated carbocycles. The number of ether oxygens (including phenoxy) is 10. The van der Waals surface area contributed by atoms with E-state index in [1.807, 2.05) is 0 Å². The van der Waals surface area contributed by atoms with Gasteiger partial charge in [-0.15, -0.1) is 0 Å². The van der Waals surface area contributed by atoms with Crippen LogP contribution in [0.1, 0.15) is 76.2 Å². The minimum absolute atomic E-state index is 0.0102. The predicted octanol–water partition coefficient (Wildman–Crippen LogP) is -0.175. The van der Waals surface area contributed by atoms with Gasteiger partial charge in [0.25, 0.3) is 0 Å². The maximum Gasteiger partial charge on any atom is 0.202 e. The van der Waals surface area contributed by atoms with Crippen LogP contribution < -0.4 is 4.74 Å². The standard InChI is InChI=1S/C45H64O21/c1-16(46)36(50)42(56)44(58-7)24-10-22-8-21-9-23(63-32-14-28(38(52)18(3)60-32)65-31-13-27(49)43(57-6)20(5)62-31)11-25(47)34(21)40(54)35(22)41(55)45(24)66-33-15-29(39(53)19(4)61-33)64-30-12-26(48)37(51)17(2)59-30/h8-9,11,16-20,24,26-33,36-39,43-54H,10,12-15H2,1-7H3/t16-,17+,18-,19+,20+,24+,26+,27+,28-,29+,30?,31+,32+,33-,36+,37+,38+,39+,43-,44+,45+/m1/s1. The lowest BCUT2D eigenvalue weighted by Crippen LogP contribution is -2.56. The van der Waals surface area contributed by atoms with Gasteiger partial charge in [-0.05, 0) is 64.1 Å². The molecule has 4 saturated heterocycles.